The highest BCUT2D eigenvalue weighted by Gasteiger charge is 2.46. The van der Waals surface area contributed by atoms with E-state index in [1.807, 2.05) is 18.2 Å². The lowest BCUT2D eigenvalue weighted by Gasteiger charge is -2.54. The highest BCUT2D eigenvalue weighted by molar-refractivity contribution is 7.92. The Bertz CT molecular complexity index is 834. The first-order valence-electron chi connectivity index (χ1n) is 11.3. The second kappa shape index (κ2) is 8.77. The fraction of sp³-hybridized carbons (Fsp3) is 0.739. The molecule has 3 fully saturated rings. The normalized spacial score (nSPS) is 28.7. The van der Waals surface area contributed by atoms with Gasteiger partial charge < -0.3 is 9.84 Å². The van der Waals surface area contributed by atoms with Gasteiger partial charge in [-0.3, -0.25) is 9.62 Å². The Morgan fingerprint density at radius 2 is 2.07 bits per heavy atom. The van der Waals surface area contributed by atoms with Crippen LogP contribution in [0.15, 0.2) is 24.3 Å². The number of methoxy groups -OCH3 is 1. The van der Waals surface area contributed by atoms with Crippen molar-refractivity contribution in [1.29, 1.82) is 0 Å². The molecule has 6 nitrogen and oxygen atoms in total. The van der Waals surface area contributed by atoms with E-state index < -0.39 is 10.0 Å². The molecule has 168 valence electrons. The minimum Gasteiger partial charge on any atom is -0.396 e. The van der Waals surface area contributed by atoms with Crippen molar-refractivity contribution in [3.05, 3.63) is 29.8 Å². The maximum absolute atomic E-state index is 12.3. The molecule has 2 N–H and O–H groups in total. The van der Waals surface area contributed by atoms with Gasteiger partial charge in [0.25, 0.3) is 0 Å². The van der Waals surface area contributed by atoms with Gasteiger partial charge in [-0.15, -0.1) is 0 Å². The fourth-order valence-corrected chi connectivity index (χ4v) is 6.81. The zero-order valence-corrected chi connectivity index (χ0v) is 18.9. The molecule has 0 amide bonds. The molecule has 0 spiro atoms. The van der Waals surface area contributed by atoms with E-state index in [4.69, 9.17) is 4.74 Å². The molecule has 2 aliphatic carbocycles. The highest BCUT2D eigenvalue weighted by atomic mass is 32.2. The van der Waals surface area contributed by atoms with Crippen molar-refractivity contribution in [3.63, 3.8) is 0 Å². The van der Waals surface area contributed by atoms with Gasteiger partial charge in [-0.05, 0) is 68.2 Å². The molecule has 2 bridgehead atoms. The van der Waals surface area contributed by atoms with Crippen LogP contribution in [0.5, 0.6) is 0 Å². The summed E-state index contributed by atoms with van der Waals surface area (Å²) < 4.78 is 32.2. The average molecular weight is 437 g/mol. The summed E-state index contributed by atoms with van der Waals surface area (Å²) in [7, 11) is -1.89. The van der Waals surface area contributed by atoms with Gasteiger partial charge >= 0.3 is 0 Å². The van der Waals surface area contributed by atoms with Crippen molar-refractivity contribution in [2.75, 3.05) is 43.9 Å². The molecule has 3 aliphatic rings. The lowest BCUT2D eigenvalue weighted by atomic mass is 9.62. The van der Waals surface area contributed by atoms with Crippen LogP contribution < -0.4 is 4.72 Å². The number of piperidine rings is 1. The number of aliphatic hydroxyl groups excluding tert-OH is 1. The van der Waals surface area contributed by atoms with Gasteiger partial charge in [-0.2, -0.15) is 0 Å². The van der Waals surface area contributed by atoms with Crippen LogP contribution in [0, 0.1) is 5.41 Å². The quantitative estimate of drug-likeness (QED) is 0.622. The minimum absolute atomic E-state index is 0.0392. The third-order valence-corrected chi connectivity index (χ3v) is 9.06. The van der Waals surface area contributed by atoms with Crippen molar-refractivity contribution in [2.24, 2.45) is 5.41 Å². The summed E-state index contributed by atoms with van der Waals surface area (Å²) in [4.78, 5) is 2.64. The van der Waals surface area contributed by atoms with Crippen molar-refractivity contribution >= 4 is 15.7 Å². The maximum atomic E-state index is 12.3. The summed E-state index contributed by atoms with van der Waals surface area (Å²) in [5.41, 5.74) is 2.19. The smallest absolute Gasteiger partial charge is 0.234 e. The number of benzene rings is 1. The third kappa shape index (κ3) is 4.54. The van der Waals surface area contributed by atoms with Crippen LogP contribution in [0.2, 0.25) is 0 Å². The van der Waals surface area contributed by atoms with Crippen LogP contribution in [0.25, 0.3) is 0 Å². The highest BCUT2D eigenvalue weighted by Crippen LogP contribution is 2.49. The van der Waals surface area contributed by atoms with E-state index >= 15 is 0 Å². The molecule has 2 unspecified atom stereocenters. The number of likely N-dealkylation sites (tertiary alicyclic amines) is 1. The lowest BCUT2D eigenvalue weighted by Crippen LogP contribution is -2.56. The van der Waals surface area contributed by atoms with Crippen molar-refractivity contribution in [3.8, 4) is 0 Å². The average Bonchev–Trinajstić information content (AvgIpc) is 2.71. The fourth-order valence-electron chi connectivity index (χ4n) is 5.83. The van der Waals surface area contributed by atoms with Crippen molar-refractivity contribution in [2.45, 2.75) is 62.8 Å². The van der Waals surface area contributed by atoms with E-state index in [2.05, 4.69) is 15.7 Å². The summed E-state index contributed by atoms with van der Waals surface area (Å²) in [5, 5.41) is 9.91. The first-order chi connectivity index (χ1) is 14.4. The van der Waals surface area contributed by atoms with Gasteiger partial charge in [0.05, 0.1) is 12.4 Å². The minimum atomic E-state index is -3.40. The molecule has 1 aromatic rings. The predicted molar refractivity (Wildman–Crippen MR) is 119 cm³/mol. The predicted octanol–water partition coefficient (Wildman–Crippen LogP) is 3.12. The summed E-state index contributed by atoms with van der Waals surface area (Å²) in [6, 6.07) is 8.60. The van der Waals surface area contributed by atoms with E-state index in [1.165, 1.54) is 38.4 Å². The second-order valence-electron chi connectivity index (χ2n) is 9.76. The number of hydrogen-bond donors (Lipinski definition) is 2. The zero-order chi connectivity index (χ0) is 21.2. The number of ether oxygens (including phenoxy) is 1. The number of anilines is 1. The standard InChI is InChI=1S/C23H36N2O4S/c1-29-13-14-30(27,28)24-20-6-2-5-19(15-20)23-10-3-7-21(16-23)25(12-11-23)17-22(18-26)8-4-9-22/h2,5-6,15,21,24,26H,3-4,7-14,16-18H2,1H3. The zero-order valence-electron chi connectivity index (χ0n) is 18.1. The number of fused-ring (bicyclic) bond motifs is 2. The maximum Gasteiger partial charge on any atom is 0.234 e. The van der Waals surface area contributed by atoms with Gasteiger partial charge in [0.15, 0.2) is 0 Å². The molecule has 0 radical (unpaired) electrons. The Hall–Kier alpha value is -1.15. The van der Waals surface area contributed by atoms with Crippen molar-refractivity contribution < 1.29 is 18.3 Å². The van der Waals surface area contributed by atoms with E-state index in [0.717, 1.165) is 38.8 Å². The van der Waals surface area contributed by atoms with Gasteiger partial charge in [0.1, 0.15) is 0 Å². The molecule has 7 heteroatoms. The molecule has 1 aliphatic heterocycles. The van der Waals surface area contributed by atoms with Crippen LogP contribution in [0.4, 0.5) is 5.69 Å². The SMILES string of the molecule is COCCS(=O)(=O)Nc1cccc(C23CCCC(C2)N(CC2(CO)CCC2)CC3)c1. The van der Waals surface area contributed by atoms with Crippen LogP contribution in [0.3, 0.4) is 0 Å². The van der Waals surface area contributed by atoms with Gasteiger partial charge in [-0.25, -0.2) is 8.42 Å². The molecule has 2 saturated carbocycles. The first-order valence-corrected chi connectivity index (χ1v) is 13.0. The van der Waals surface area contributed by atoms with E-state index in [9.17, 15) is 13.5 Å². The van der Waals surface area contributed by atoms with E-state index in [0.29, 0.717) is 18.3 Å². The number of rotatable bonds is 9. The molecule has 30 heavy (non-hydrogen) atoms. The van der Waals surface area contributed by atoms with Crippen LogP contribution in [0.1, 0.15) is 56.9 Å². The Morgan fingerprint density at radius 1 is 1.23 bits per heavy atom. The monoisotopic (exact) mass is 436 g/mol. The van der Waals surface area contributed by atoms with Crippen molar-refractivity contribution in [1.82, 2.24) is 4.90 Å². The number of hydrogen-bond acceptors (Lipinski definition) is 5. The Morgan fingerprint density at radius 3 is 2.77 bits per heavy atom. The van der Waals surface area contributed by atoms with E-state index in [-0.39, 0.29) is 23.2 Å². The molecule has 4 rings (SSSR count). The molecular weight excluding hydrogens is 400 g/mol. The number of aliphatic hydroxyl groups is 1. The largest absolute Gasteiger partial charge is 0.396 e. The number of nitrogens with zero attached hydrogens (tertiary/aromatic N) is 1. The Balaban J connectivity index is 1.48. The summed E-state index contributed by atoms with van der Waals surface area (Å²) in [6.45, 7) is 2.60. The second-order valence-corrected chi connectivity index (χ2v) is 11.6. The molecule has 1 saturated heterocycles. The molecular formula is C23H36N2O4S. The molecule has 0 aromatic heterocycles. The van der Waals surface area contributed by atoms with Gasteiger partial charge in [0, 0.05) is 37.4 Å². The van der Waals surface area contributed by atoms with E-state index in [1.54, 1.807) is 0 Å². The van der Waals surface area contributed by atoms with Gasteiger partial charge in [-0.1, -0.05) is 25.0 Å². The molecule has 1 aromatic carbocycles. The lowest BCUT2D eigenvalue weighted by molar-refractivity contribution is -0.0354. The van der Waals surface area contributed by atoms with Crippen LogP contribution in [-0.4, -0.2) is 63.6 Å². The Kier molecular flexibility index (Phi) is 6.45. The van der Waals surface area contributed by atoms with Gasteiger partial charge in [0.2, 0.25) is 10.0 Å². The topological polar surface area (TPSA) is 78.9 Å². The number of nitrogens with one attached hydrogen (secondary N) is 1. The molecule has 2 atom stereocenters. The molecule has 1 heterocycles. The Labute approximate surface area is 181 Å². The first kappa shape index (κ1) is 22.1. The summed E-state index contributed by atoms with van der Waals surface area (Å²) >= 11 is 0. The number of sulfonamides is 1. The van der Waals surface area contributed by atoms with Crippen LogP contribution >= 0.6 is 0 Å². The van der Waals surface area contributed by atoms with Crippen LogP contribution in [-0.2, 0) is 20.2 Å². The summed E-state index contributed by atoms with van der Waals surface area (Å²) in [5.74, 6) is -0.0392. The third-order valence-electron chi connectivity index (χ3n) is 7.81. The summed E-state index contributed by atoms with van der Waals surface area (Å²) in [6.07, 6.45) is 9.40.